The highest BCUT2D eigenvalue weighted by Gasteiger charge is 2.29. The molecule has 86 valence electrons. The van der Waals surface area contributed by atoms with E-state index in [1.54, 1.807) is 0 Å². The summed E-state index contributed by atoms with van der Waals surface area (Å²) >= 11 is 0. The molecule has 2 atom stereocenters. The van der Waals surface area contributed by atoms with E-state index in [4.69, 9.17) is 15.2 Å². The Bertz CT molecular complexity index is 415. The van der Waals surface area contributed by atoms with Crippen molar-refractivity contribution < 1.29 is 9.47 Å². The second-order valence-electron chi connectivity index (χ2n) is 4.67. The summed E-state index contributed by atoms with van der Waals surface area (Å²) in [6, 6.07) is 4.43. The van der Waals surface area contributed by atoms with E-state index < -0.39 is 0 Å². The van der Waals surface area contributed by atoms with Crippen molar-refractivity contribution in [3.8, 4) is 0 Å². The first kappa shape index (κ1) is 10.3. The number of fused-ring (bicyclic) bond motifs is 3. The molecular formula is C13H17NO2. The summed E-state index contributed by atoms with van der Waals surface area (Å²) in [5, 5.41) is 0. The molecule has 2 aliphatic heterocycles. The molecule has 16 heavy (non-hydrogen) atoms. The molecule has 1 aromatic rings. The van der Waals surface area contributed by atoms with Crippen molar-refractivity contribution in [2.24, 2.45) is 5.73 Å². The number of benzene rings is 1. The van der Waals surface area contributed by atoms with Gasteiger partial charge in [-0.3, -0.25) is 0 Å². The lowest BCUT2D eigenvalue weighted by molar-refractivity contribution is 0.0269. The average molecular weight is 219 g/mol. The standard InChI is InChI=1S/C13H17NO2/c1-8(14)13-12-9(4-5-16-13)2-3-10-6-15-7-11(10)12/h2-3,8,13H,4-7,14H2,1H3/t8-,13?/m1/s1. The van der Waals surface area contributed by atoms with Crippen LogP contribution in [-0.2, 0) is 29.1 Å². The molecule has 0 bridgehead atoms. The van der Waals surface area contributed by atoms with E-state index >= 15 is 0 Å². The van der Waals surface area contributed by atoms with Crippen LogP contribution in [0.4, 0.5) is 0 Å². The molecule has 2 aliphatic rings. The number of hydrogen-bond donors (Lipinski definition) is 1. The van der Waals surface area contributed by atoms with Gasteiger partial charge in [0.1, 0.15) is 0 Å². The van der Waals surface area contributed by atoms with Gasteiger partial charge >= 0.3 is 0 Å². The molecule has 3 nitrogen and oxygen atoms in total. The van der Waals surface area contributed by atoms with E-state index in [0.717, 1.165) is 19.6 Å². The van der Waals surface area contributed by atoms with Crippen molar-refractivity contribution in [1.29, 1.82) is 0 Å². The van der Waals surface area contributed by atoms with Gasteiger partial charge in [0.15, 0.2) is 0 Å². The molecule has 2 heterocycles. The topological polar surface area (TPSA) is 44.5 Å². The minimum Gasteiger partial charge on any atom is -0.372 e. The Labute approximate surface area is 95.5 Å². The maximum Gasteiger partial charge on any atom is 0.0979 e. The molecule has 2 N–H and O–H groups in total. The Morgan fingerprint density at radius 3 is 2.94 bits per heavy atom. The van der Waals surface area contributed by atoms with Crippen LogP contribution in [0.2, 0.25) is 0 Å². The molecule has 1 aromatic carbocycles. The Morgan fingerprint density at radius 1 is 1.31 bits per heavy atom. The van der Waals surface area contributed by atoms with Gasteiger partial charge in [0, 0.05) is 6.04 Å². The highest BCUT2D eigenvalue weighted by Crippen LogP contribution is 2.36. The maximum atomic E-state index is 6.01. The maximum absolute atomic E-state index is 6.01. The number of nitrogens with two attached hydrogens (primary N) is 1. The molecule has 3 rings (SSSR count). The van der Waals surface area contributed by atoms with Crippen LogP contribution in [0.3, 0.4) is 0 Å². The zero-order valence-corrected chi connectivity index (χ0v) is 9.53. The predicted octanol–water partition coefficient (Wildman–Crippen LogP) is 1.68. The lowest BCUT2D eigenvalue weighted by atomic mass is 9.88. The normalized spacial score (nSPS) is 25.0. The average Bonchev–Trinajstić information content (AvgIpc) is 2.76. The third-order valence-electron chi connectivity index (χ3n) is 3.48. The number of hydrogen-bond acceptors (Lipinski definition) is 3. The summed E-state index contributed by atoms with van der Waals surface area (Å²) in [7, 11) is 0. The van der Waals surface area contributed by atoms with Crippen molar-refractivity contribution >= 4 is 0 Å². The summed E-state index contributed by atoms with van der Waals surface area (Å²) in [5.74, 6) is 0. The van der Waals surface area contributed by atoms with Gasteiger partial charge in [0.2, 0.25) is 0 Å². The van der Waals surface area contributed by atoms with E-state index in [2.05, 4.69) is 12.1 Å². The molecule has 0 saturated carbocycles. The zero-order chi connectivity index (χ0) is 11.1. The van der Waals surface area contributed by atoms with Crippen LogP contribution in [0.5, 0.6) is 0 Å². The quantitative estimate of drug-likeness (QED) is 0.781. The highest BCUT2D eigenvalue weighted by molar-refractivity contribution is 5.45. The van der Waals surface area contributed by atoms with Gasteiger partial charge in [0.25, 0.3) is 0 Å². The summed E-state index contributed by atoms with van der Waals surface area (Å²) in [6.07, 6.45) is 1.03. The fraction of sp³-hybridized carbons (Fsp3) is 0.538. The zero-order valence-electron chi connectivity index (χ0n) is 9.53. The third kappa shape index (κ3) is 1.47. The first-order chi connectivity index (χ1) is 7.77. The van der Waals surface area contributed by atoms with Gasteiger partial charge in [-0.1, -0.05) is 12.1 Å². The molecule has 0 spiro atoms. The van der Waals surface area contributed by atoms with Crippen LogP contribution < -0.4 is 5.73 Å². The van der Waals surface area contributed by atoms with Crippen LogP contribution in [0.1, 0.15) is 35.3 Å². The molecule has 0 amide bonds. The van der Waals surface area contributed by atoms with Gasteiger partial charge in [-0.05, 0) is 35.6 Å². The van der Waals surface area contributed by atoms with Crippen LogP contribution in [0, 0.1) is 0 Å². The summed E-state index contributed by atoms with van der Waals surface area (Å²) < 4.78 is 11.3. The van der Waals surface area contributed by atoms with Gasteiger partial charge in [-0.15, -0.1) is 0 Å². The van der Waals surface area contributed by atoms with Crippen molar-refractivity contribution in [3.63, 3.8) is 0 Å². The first-order valence-corrected chi connectivity index (χ1v) is 5.86. The summed E-state index contributed by atoms with van der Waals surface area (Å²) in [5.41, 5.74) is 11.3. The Balaban J connectivity index is 2.13. The minimum absolute atomic E-state index is 0.0335. The lowest BCUT2D eigenvalue weighted by Crippen LogP contribution is -2.32. The lowest BCUT2D eigenvalue weighted by Gasteiger charge is -2.30. The van der Waals surface area contributed by atoms with Crippen LogP contribution in [-0.4, -0.2) is 12.6 Å². The molecule has 0 aliphatic carbocycles. The van der Waals surface area contributed by atoms with E-state index in [9.17, 15) is 0 Å². The van der Waals surface area contributed by atoms with Gasteiger partial charge in [-0.2, -0.15) is 0 Å². The van der Waals surface area contributed by atoms with Crippen LogP contribution in [0.15, 0.2) is 12.1 Å². The van der Waals surface area contributed by atoms with Crippen molar-refractivity contribution in [2.45, 2.75) is 38.7 Å². The minimum atomic E-state index is 0.0335. The van der Waals surface area contributed by atoms with Crippen LogP contribution in [0.25, 0.3) is 0 Å². The monoisotopic (exact) mass is 219 g/mol. The second kappa shape index (κ2) is 3.84. The Kier molecular flexibility index (Phi) is 2.46. The Hall–Kier alpha value is -0.900. The molecule has 0 saturated heterocycles. The van der Waals surface area contributed by atoms with Gasteiger partial charge < -0.3 is 15.2 Å². The molecule has 3 heteroatoms. The van der Waals surface area contributed by atoms with Crippen molar-refractivity contribution in [1.82, 2.24) is 0 Å². The third-order valence-corrected chi connectivity index (χ3v) is 3.48. The fourth-order valence-electron chi connectivity index (χ4n) is 2.69. The fourth-order valence-corrected chi connectivity index (χ4v) is 2.69. The van der Waals surface area contributed by atoms with Gasteiger partial charge in [0.05, 0.1) is 25.9 Å². The van der Waals surface area contributed by atoms with Crippen molar-refractivity contribution in [3.05, 3.63) is 34.4 Å². The highest BCUT2D eigenvalue weighted by atomic mass is 16.5. The molecule has 0 fully saturated rings. The molecule has 0 radical (unpaired) electrons. The SMILES string of the molecule is C[C@@H](N)C1OCCc2ccc3c(c21)COC3. The first-order valence-electron chi connectivity index (χ1n) is 5.86. The predicted molar refractivity (Wildman–Crippen MR) is 61.0 cm³/mol. The second-order valence-corrected chi connectivity index (χ2v) is 4.67. The molecule has 1 unspecified atom stereocenters. The van der Waals surface area contributed by atoms with Gasteiger partial charge in [-0.25, -0.2) is 0 Å². The largest absolute Gasteiger partial charge is 0.372 e. The number of rotatable bonds is 1. The van der Waals surface area contributed by atoms with E-state index in [0.29, 0.717) is 6.61 Å². The summed E-state index contributed by atoms with van der Waals surface area (Å²) in [6.45, 7) is 4.23. The summed E-state index contributed by atoms with van der Waals surface area (Å²) in [4.78, 5) is 0. The molecular weight excluding hydrogens is 202 g/mol. The smallest absolute Gasteiger partial charge is 0.0979 e. The van der Waals surface area contributed by atoms with Crippen molar-refractivity contribution in [2.75, 3.05) is 6.61 Å². The van der Waals surface area contributed by atoms with E-state index in [1.165, 1.54) is 22.3 Å². The van der Waals surface area contributed by atoms with Crippen LogP contribution >= 0.6 is 0 Å². The Morgan fingerprint density at radius 2 is 2.12 bits per heavy atom. The van der Waals surface area contributed by atoms with E-state index in [-0.39, 0.29) is 12.1 Å². The van der Waals surface area contributed by atoms with E-state index in [1.807, 2.05) is 6.92 Å². The number of ether oxygens (including phenoxy) is 2. The molecule has 0 aromatic heterocycles.